The third-order valence-corrected chi connectivity index (χ3v) is 3.58. The van der Waals surface area contributed by atoms with Crippen LogP contribution in [-0.4, -0.2) is 28.2 Å². The molecule has 0 spiro atoms. The fraction of sp³-hybridized carbons (Fsp3) is 0.267. The summed E-state index contributed by atoms with van der Waals surface area (Å²) in [5.74, 6) is -0.786. The molecule has 0 bridgehead atoms. The number of hydrogen-bond donors (Lipinski definition) is 1. The molecule has 2 rings (SSSR count). The first-order chi connectivity index (χ1) is 9.99. The molecule has 110 valence electrons. The summed E-state index contributed by atoms with van der Waals surface area (Å²) in [6.45, 7) is 1.71. The molecular weight excluding hydrogens is 336 g/mol. The van der Waals surface area contributed by atoms with Crippen molar-refractivity contribution in [3.05, 3.63) is 51.9 Å². The molecular formula is C15H15BrN2O3. The van der Waals surface area contributed by atoms with Gasteiger partial charge in [0.05, 0.1) is 12.8 Å². The lowest BCUT2D eigenvalue weighted by Crippen LogP contribution is -2.17. The monoisotopic (exact) mass is 350 g/mol. The number of halogens is 1. The van der Waals surface area contributed by atoms with E-state index < -0.39 is 11.9 Å². The number of ether oxygens (including phenoxy) is 1. The molecule has 5 nitrogen and oxygen atoms in total. The second kappa shape index (κ2) is 6.67. The van der Waals surface area contributed by atoms with Gasteiger partial charge in [0, 0.05) is 10.5 Å². The Balaban J connectivity index is 2.32. The van der Waals surface area contributed by atoms with Crippen molar-refractivity contribution in [1.29, 1.82) is 0 Å². The minimum absolute atomic E-state index is 0.363. The fourth-order valence-electron chi connectivity index (χ4n) is 2.02. The molecule has 0 amide bonds. The van der Waals surface area contributed by atoms with Gasteiger partial charge in [-0.25, -0.2) is 4.98 Å². The molecule has 0 aliphatic heterocycles. The lowest BCUT2D eigenvalue weighted by molar-refractivity contribution is -0.138. The highest BCUT2D eigenvalue weighted by molar-refractivity contribution is 9.10. The van der Waals surface area contributed by atoms with Crippen molar-refractivity contribution in [3.63, 3.8) is 0 Å². The number of carboxylic acids is 1. The highest BCUT2D eigenvalue weighted by atomic mass is 79.9. The second-order valence-electron chi connectivity index (χ2n) is 4.60. The van der Waals surface area contributed by atoms with Gasteiger partial charge in [0.1, 0.15) is 11.7 Å². The van der Waals surface area contributed by atoms with Crippen LogP contribution in [0.2, 0.25) is 0 Å². The summed E-state index contributed by atoms with van der Waals surface area (Å²) in [7, 11) is 1.50. The van der Waals surface area contributed by atoms with E-state index in [1.807, 2.05) is 24.3 Å². The normalized spacial score (nSPS) is 12.0. The van der Waals surface area contributed by atoms with Crippen molar-refractivity contribution in [2.24, 2.45) is 0 Å². The van der Waals surface area contributed by atoms with Crippen molar-refractivity contribution in [1.82, 2.24) is 9.97 Å². The van der Waals surface area contributed by atoms with Crippen LogP contribution in [0.1, 0.15) is 23.0 Å². The van der Waals surface area contributed by atoms with Gasteiger partial charge in [0.15, 0.2) is 0 Å². The van der Waals surface area contributed by atoms with E-state index in [2.05, 4.69) is 25.9 Å². The van der Waals surface area contributed by atoms with Gasteiger partial charge in [0.2, 0.25) is 5.88 Å². The predicted octanol–water partition coefficient (Wildman–Crippen LogP) is 2.97. The van der Waals surface area contributed by atoms with Crippen LogP contribution in [0.4, 0.5) is 0 Å². The summed E-state index contributed by atoms with van der Waals surface area (Å²) in [5.41, 5.74) is 1.38. The average Bonchev–Trinajstić information content (AvgIpc) is 2.45. The first-order valence-corrected chi connectivity index (χ1v) is 7.15. The highest BCUT2D eigenvalue weighted by Gasteiger charge is 2.23. The van der Waals surface area contributed by atoms with Crippen molar-refractivity contribution >= 4 is 21.9 Å². The maximum Gasteiger partial charge on any atom is 0.312 e. The zero-order valence-electron chi connectivity index (χ0n) is 11.7. The Kier molecular flexibility index (Phi) is 4.90. The van der Waals surface area contributed by atoms with Gasteiger partial charge in [-0.15, -0.1) is 0 Å². The third-order valence-electron chi connectivity index (χ3n) is 3.05. The number of aliphatic carboxylic acids is 1. The van der Waals surface area contributed by atoms with Crippen molar-refractivity contribution in [2.45, 2.75) is 19.3 Å². The van der Waals surface area contributed by atoms with Gasteiger partial charge < -0.3 is 9.84 Å². The summed E-state index contributed by atoms with van der Waals surface area (Å²) < 4.78 is 6.04. The molecule has 1 heterocycles. The molecule has 1 aromatic heterocycles. The Hall–Kier alpha value is -1.95. The molecule has 6 heteroatoms. The van der Waals surface area contributed by atoms with Crippen LogP contribution in [0.25, 0.3) is 0 Å². The molecule has 0 aliphatic rings. The van der Waals surface area contributed by atoms with E-state index in [0.29, 0.717) is 23.8 Å². The Bertz CT molecular complexity index is 644. The number of aromatic nitrogens is 2. The molecule has 1 unspecified atom stereocenters. The SMILES string of the molecule is COc1cc(C(Cc2ccc(Br)cc2)C(=O)O)nc(C)n1. The lowest BCUT2D eigenvalue weighted by atomic mass is 9.96. The zero-order valence-corrected chi connectivity index (χ0v) is 13.3. The summed E-state index contributed by atoms with van der Waals surface area (Å²) in [6, 6.07) is 9.14. The first-order valence-electron chi connectivity index (χ1n) is 6.36. The number of aryl methyl sites for hydroxylation is 1. The van der Waals surface area contributed by atoms with Gasteiger partial charge in [-0.3, -0.25) is 4.79 Å². The van der Waals surface area contributed by atoms with E-state index >= 15 is 0 Å². The van der Waals surface area contributed by atoms with E-state index in [9.17, 15) is 9.90 Å². The summed E-state index contributed by atoms with van der Waals surface area (Å²) in [4.78, 5) is 19.9. The third kappa shape index (κ3) is 4.01. The predicted molar refractivity (Wildman–Crippen MR) is 81.5 cm³/mol. The second-order valence-corrected chi connectivity index (χ2v) is 5.52. The standard InChI is InChI=1S/C15H15BrN2O3/c1-9-17-13(8-14(18-9)21-2)12(15(19)20)7-10-3-5-11(16)6-4-10/h3-6,8,12H,7H2,1-2H3,(H,19,20). The van der Waals surface area contributed by atoms with Crippen molar-refractivity contribution < 1.29 is 14.6 Å². The minimum Gasteiger partial charge on any atom is -0.481 e. The van der Waals surface area contributed by atoms with E-state index in [1.54, 1.807) is 13.0 Å². The maximum atomic E-state index is 11.6. The number of methoxy groups -OCH3 is 1. The summed E-state index contributed by atoms with van der Waals surface area (Å²) >= 11 is 3.36. The number of nitrogens with zero attached hydrogens (tertiary/aromatic N) is 2. The Morgan fingerprint density at radius 2 is 2.00 bits per heavy atom. The van der Waals surface area contributed by atoms with Crippen molar-refractivity contribution in [2.75, 3.05) is 7.11 Å². The molecule has 21 heavy (non-hydrogen) atoms. The Morgan fingerprint density at radius 1 is 1.33 bits per heavy atom. The molecule has 1 atom stereocenters. The molecule has 1 N–H and O–H groups in total. The largest absolute Gasteiger partial charge is 0.481 e. The smallest absolute Gasteiger partial charge is 0.312 e. The Labute approximate surface area is 131 Å². The van der Waals surface area contributed by atoms with E-state index in [1.165, 1.54) is 7.11 Å². The molecule has 0 saturated carbocycles. The van der Waals surface area contributed by atoms with Crippen LogP contribution >= 0.6 is 15.9 Å². The van der Waals surface area contributed by atoms with Crippen molar-refractivity contribution in [3.8, 4) is 5.88 Å². The first kappa shape index (κ1) is 15.4. The van der Waals surface area contributed by atoms with Crippen LogP contribution in [0.3, 0.4) is 0 Å². The summed E-state index contributed by atoms with van der Waals surface area (Å²) in [6.07, 6.45) is 0.363. The number of hydrogen-bond acceptors (Lipinski definition) is 4. The number of carbonyl (C=O) groups is 1. The Morgan fingerprint density at radius 3 is 2.57 bits per heavy atom. The molecule has 2 aromatic rings. The van der Waals surface area contributed by atoms with Gasteiger partial charge in [-0.1, -0.05) is 28.1 Å². The van der Waals surface area contributed by atoms with Crippen LogP contribution in [0.15, 0.2) is 34.8 Å². The lowest BCUT2D eigenvalue weighted by Gasteiger charge is -2.13. The summed E-state index contributed by atoms with van der Waals surface area (Å²) in [5, 5.41) is 9.49. The molecule has 0 fully saturated rings. The van der Waals surface area contributed by atoms with E-state index in [4.69, 9.17) is 4.74 Å². The van der Waals surface area contributed by atoms with Crippen LogP contribution in [0, 0.1) is 6.92 Å². The van der Waals surface area contributed by atoms with Gasteiger partial charge in [-0.2, -0.15) is 4.98 Å². The zero-order chi connectivity index (χ0) is 15.4. The van der Waals surface area contributed by atoms with Crippen LogP contribution in [0.5, 0.6) is 5.88 Å². The topological polar surface area (TPSA) is 72.3 Å². The van der Waals surface area contributed by atoms with Gasteiger partial charge >= 0.3 is 5.97 Å². The highest BCUT2D eigenvalue weighted by Crippen LogP contribution is 2.23. The fourth-order valence-corrected chi connectivity index (χ4v) is 2.28. The van der Waals surface area contributed by atoms with Crippen LogP contribution < -0.4 is 4.74 Å². The van der Waals surface area contributed by atoms with E-state index in [0.717, 1.165) is 10.0 Å². The number of carboxylic acid groups (broad SMARTS) is 1. The van der Waals surface area contributed by atoms with E-state index in [-0.39, 0.29) is 0 Å². The van der Waals surface area contributed by atoms with Gasteiger partial charge in [0.25, 0.3) is 0 Å². The quantitative estimate of drug-likeness (QED) is 0.897. The molecule has 0 radical (unpaired) electrons. The maximum absolute atomic E-state index is 11.6. The molecule has 1 aromatic carbocycles. The van der Waals surface area contributed by atoms with Crippen LogP contribution in [-0.2, 0) is 11.2 Å². The van der Waals surface area contributed by atoms with Gasteiger partial charge in [-0.05, 0) is 31.0 Å². The number of benzene rings is 1. The molecule has 0 saturated heterocycles. The average molecular weight is 351 g/mol. The minimum atomic E-state index is -0.918. The number of rotatable bonds is 5. The molecule has 0 aliphatic carbocycles.